The van der Waals surface area contributed by atoms with Crippen molar-refractivity contribution in [3.05, 3.63) is 51.9 Å². The van der Waals surface area contributed by atoms with Crippen molar-refractivity contribution in [3.63, 3.8) is 0 Å². The van der Waals surface area contributed by atoms with E-state index in [2.05, 4.69) is 15.2 Å². The number of halogens is 2. The van der Waals surface area contributed by atoms with Crippen LogP contribution in [0.1, 0.15) is 18.4 Å². The fraction of sp³-hybridized carbons (Fsp3) is 0.375. The van der Waals surface area contributed by atoms with E-state index < -0.39 is 11.6 Å². The Morgan fingerprint density at radius 3 is 3.09 bits per heavy atom. The summed E-state index contributed by atoms with van der Waals surface area (Å²) in [7, 11) is 0. The van der Waals surface area contributed by atoms with Gasteiger partial charge in [-0.1, -0.05) is 12.1 Å². The van der Waals surface area contributed by atoms with Crippen LogP contribution >= 0.6 is 0 Å². The van der Waals surface area contributed by atoms with Gasteiger partial charge in [-0.15, -0.1) is 0 Å². The molecular formula is C16H16F2N4O. The summed E-state index contributed by atoms with van der Waals surface area (Å²) in [6.07, 6.45) is 2.21. The molecule has 1 aromatic carbocycles. The molecule has 0 amide bonds. The Hall–Kier alpha value is -2.44. The van der Waals surface area contributed by atoms with Gasteiger partial charge in [-0.2, -0.15) is 4.98 Å². The molecule has 1 aromatic heterocycles. The van der Waals surface area contributed by atoms with Crippen molar-refractivity contribution >= 4 is 11.6 Å². The standard InChI is InChI=1S/C16H16F2N4O/c17-12-5-1-3-10(15(12)18)8-19-13-7-14-21-6-2-4-11(21)9-22(14)16(23)20-13/h1,3,5,7,11H,2,4,6,8-9H2,(H,19,20,23)/t11-/m0/s1. The molecule has 2 aliphatic rings. The number of hydrogen-bond donors (Lipinski definition) is 1. The second-order valence-electron chi connectivity index (χ2n) is 5.95. The maximum atomic E-state index is 13.7. The molecule has 0 bridgehead atoms. The van der Waals surface area contributed by atoms with Crippen LogP contribution in [-0.4, -0.2) is 22.1 Å². The number of anilines is 2. The molecular weight excluding hydrogens is 302 g/mol. The second-order valence-corrected chi connectivity index (χ2v) is 5.95. The number of rotatable bonds is 3. The van der Waals surface area contributed by atoms with Gasteiger partial charge >= 0.3 is 5.69 Å². The molecule has 0 aliphatic carbocycles. The smallest absolute Gasteiger partial charge is 0.351 e. The third kappa shape index (κ3) is 2.36. The van der Waals surface area contributed by atoms with Crippen LogP contribution in [0.4, 0.5) is 20.4 Å². The van der Waals surface area contributed by atoms with Gasteiger partial charge < -0.3 is 10.2 Å². The summed E-state index contributed by atoms with van der Waals surface area (Å²) in [5.41, 5.74) is -0.106. The fourth-order valence-electron chi connectivity index (χ4n) is 3.40. The zero-order chi connectivity index (χ0) is 16.0. The molecule has 1 saturated heterocycles. The zero-order valence-corrected chi connectivity index (χ0v) is 12.4. The highest BCUT2D eigenvalue weighted by Crippen LogP contribution is 2.32. The van der Waals surface area contributed by atoms with Crippen molar-refractivity contribution in [2.24, 2.45) is 0 Å². The minimum absolute atomic E-state index is 0.0723. The molecule has 2 aliphatic heterocycles. The topological polar surface area (TPSA) is 50.2 Å². The zero-order valence-electron chi connectivity index (χ0n) is 12.4. The monoisotopic (exact) mass is 318 g/mol. The van der Waals surface area contributed by atoms with Crippen LogP contribution in [0.2, 0.25) is 0 Å². The second kappa shape index (κ2) is 5.33. The average Bonchev–Trinajstić information content (AvgIpc) is 3.11. The Balaban J connectivity index is 1.59. The first-order valence-corrected chi connectivity index (χ1v) is 7.69. The van der Waals surface area contributed by atoms with Crippen LogP contribution in [-0.2, 0) is 13.1 Å². The lowest BCUT2D eigenvalue weighted by Crippen LogP contribution is -2.24. The summed E-state index contributed by atoms with van der Waals surface area (Å²) in [4.78, 5) is 18.4. The van der Waals surface area contributed by atoms with Crippen molar-refractivity contribution in [2.45, 2.75) is 32.0 Å². The molecule has 5 nitrogen and oxygen atoms in total. The van der Waals surface area contributed by atoms with E-state index in [1.165, 1.54) is 12.1 Å². The third-order valence-corrected chi connectivity index (χ3v) is 4.55. The van der Waals surface area contributed by atoms with E-state index in [0.29, 0.717) is 18.4 Å². The Labute approximate surface area is 131 Å². The fourth-order valence-corrected chi connectivity index (χ4v) is 3.40. The van der Waals surface area contributed by atoms with Crippen molar-refractivity contribution in [1.29, 1.82) is 0 Å². The third-order valence-electron chi connectivity index (χ3n) is 4.55. The van der Waals surface area contributed by atoms with Crippen LogP contribution in [0.25, 0.3) is 0 Å². The van der Waals surface area contributed by atoms with Crippen LogP contribution in [0.3, 0.4) is 0 Å². The van der Waals surface area contributed by atoms with E-state index in [-0.39, 0.29) is 17.8 Å². The quantitative estimate of drug-likeness (QED) is 0.942. The van der Waals surface area contributed by atoms with E-state index in [1.54, 1.807) is 4.57 Å². The van der Waals surface area contributed by atoms with Gasteiger partial charge in [0, 0.05) is 37.3 Å². The lowest BCUT2D eigenvalue weighted by Gasteiger charge is -2.17. The summed E-state index contributed by atoms with van der Waals surface area (Å²) in [6.45, 7) is 1.69. The molecule has 0 spiro atoms. The van der Waals surface area contributed by atoms with Gasteiger partial charge in [-0.25, -0.2) is 13.6 Å². The lowest BCUT2D eigenvalue weighted by molar-refractivity contribution is 0.500. The molecule has 2 aromatic rings. The molecule has 3 heterocycles. The van der Waals surface area contributed by atoms with Crippen molar-refractivity contribution in [2.75, 3.05) is 16.8 Å². The van der Waals surface area contributed by atoms with E-state index in [9.17, 15) is 13.6 Å². The van der Waals surface area contributed by atoms with Gasteiger partial charge in [0.05, 0.1) is 0 Å². The van der Waals surface area contributed by atoms with Crippen LogP contribution in [0.15, 0.2) is 29.1 Å². The Morgan fingerprint density at radius 2 is 2.22 bits per heavy atom. The first kappa shape index (κ1) is 14.2. The number of nitrogens with one attached hydrogen (secondary N) is 1. The maximum absolute atomic E-state index is 13.7. The van der Waals surface area contributed by atoms with Crippen molar-refractivity contribution in [3.8, 4) is 0 Å². The Bertz CT molecular complexity index is 820. The van der Waals surface area contributed by atoms with Crippen molar-refractivity contribution < 1.29 is 8.78 Å². The molecule has 1 atom stereocenters. The van der Waals surface area contributed by atoms with Crippen LogP contribution in [0, 0.1) is 11.6 Å². The summed E-state index contributed by atoms with van der Waals surface area (Å²) in [6, 6.07) is 6.22. The van der Waals surface area contributed by atoms with Crippen LogP contribution < -0.4 is 15.9 Å². The maximum Gasteiger partial charge on any atom is 0.351 e. The summed E-state index contributed by atoms with van der Waals surface area (Å²) in [5.74, 6) is -0.518. The molecule has 120 valence electrons. The highest BCUT2D eigenvalue weighted by atomic mass is 19.2. The number of fused-ring (bicyclic) bond motifs is 3. The summed E-state index contributed by atoms with van der Waals surface area (Å²) in [5, 5.41) is 2.92. The SMILES string of the molecule is O=c1nc(NCc2cccc(F)c2F)cc2n1C[C@@H]1CCCN21. The summed E-state index contributed by atoms with van der Waals surface area (Å²) >= 11 is 0. The molecule has 4 rings (SSSR count). The highest BCUT2D eigenvalue weighted by Gasteiger charge is 2.34. The van der Waals surface area contributed by atoms with Gasteiger partial charge in [-0.3, -0.25) is 4.57 Å². The van der Waals surface area contributed by atoms with Gasteiger partial charge in [0.2, 0.25) is 0 Å². The molecule has 1 N–H and O–H groups in total. The molecule has 0 saturated carbocycles. The Kier molecular flexibility index (Phi) is 3.28. The molecule has 7 heteroatoms. The van der Waals surface area contributed by atoms with E-state index in [1.807, 2.05) is 6.07 Å². The minimum atomic E-state index is -0.883. The predicted molar refractivity (Wildman–Crippen MR) is 82.5 cm³/mol. The summed E-state index contributed by atoms with van der Waals surface area (Å²) < 4.78 is 28.6. The molecule has 23 heavy (non-hydrogen) atoms. The van der Waals surface area contributed by atoms with Crippen LogP contribution in [0.5, 0.6) is 0 Å². The molecule has 1 fully saturated rings. The first-order chi connectivity index (χ1) is 11.1. The first-order valence-electron chi connectivity index (χ1n) is 7.69. The normalized spacial score (nSPS) is 18.9. The van der Waals surface area contributed by atoms with Crippen molar-refractivity contribution in [1.82, 2.24) is 9.55 Å². The number of nitrogens with zero attached hydrogens (tertiary/aromatic N) is 3. The number of aromatic nitrogens is 2. The van der Waals surface area contributed by atoms with Gasteiger partial charge in [-0.05, 0) is 18.9 Å². The number of hydrogen-bond acceptors (Lipinski definition) is 4. The lowest BCUT2D eigenvalue weighted by atomic mass is 10.2. The van der Waals surface area contributed by atoms with E-state index in [0.717, 1.165) is 31.3 Å². The van der Waals surface area contributed by atoms with Gasteiger partial charge in [0.15, 0.2) is 11.6 Å². The van der Waals surface area contributed by atoms with Gasteiger partial charge in [0.1, 0.15) is 11.6 Å². The van der Waals surface area contributed by atoms with Gasteiger partial charge in [0.25, 0.3) is 0 Å². The largest absolute Gasteiger partial charge is 0.366 e. The Morgan fingerprint density at radius 1 is 1.35 bits per heavy atom. The predicted octanol–water partition coefficient (Wildman–Crippen LogP) is 2.12. The van der Waals surface area contributed by atoms with E-state index >= 15 is 0 Å². The minimum Gasteiger partial charge on any atom is -0.366 e. The average molecular weight is 318 g/mol. The number of benzene rings is 1. The molecule has 0 radical (unpaired) electrons. The van der Waals surface area contributed by atoms with E-state index in [4.69, 9.17) is 0 Å². The highest BCUT2D eigenvalue weighted by molar-refractivity contribution is 5.53. The molecule has 0 unspecified atom stereocenters.